The summed E-state index contributed by atoms with van der Waals surface area (Å²) in [4.78, 5) is 37.0. The number of carbonyl (C=O) groups is 1. The van der Waals surface area contributed by atoms with E-state index in [0.717, 1.165) is 0 Å². The van der Waals surface area contributed by atoms with Gasteiger partial charge in [0.05, 0.1) is 18.4 Å². The maximum Gasteiger partial charge on any atom is 0.338 e. The number of hydrogen-bond acceptors (Lipinski definition) is 4. The summed E-state index contributed by atoms with van der Waals surface area (Å²) < 4.78 is 5.86. The Balaban J connectivity index is 2.71. The topological polar surface area (TPSA) is 81.2 Å². The highest BCUT2D eigenvalue weighted by Crippen LogP contribution is 2.17. The Morgan fingerprint density at radius 3 is 2.74 bits per heavy atom. The molecule has 0 aliphatic carbocycles. The number of esters is 1. The van der Waals surface area contributed by atoms with Gasteiger partial charge in [0.25, 0.3) is 0 Å². The normalized spacial score (nSPS) is 10.2. The molecule has 1 aromatic heterocycles. The fourth-order valence-corrected chi connectivity index (χ4v) is 1.83. The fourth-order valence-electron chi connectivity index (χ4n) is 1.83. The molecule has 0 unspecified atom stereocenters. The van der Waals surface area contributed by atoms with E-state index in [2.05, 4.69) is 9.72 Å². The summed E-state index contributed by atoms with van der Waals surface area (Å²) in [6.45, 7) is 1.69. The number of carbonyl (C=O) groups excluding carboxylic acids is 1. The third kappa shape index (κ3) is 2.20. The van der Waals surface area contributed by atoms with Crippen LogP contribution in [0, 0.1) is 6.92 Å². The lowest BCUT2D eigenvalue weighted by molar-refractivity contribution is 0.0600. The number of aromatic nitrogens is 2. The van der Waals surface area contributed by atoms with Crippen LogP contribution in [0.25, 0.3) is 5.69 Å². The predicted octanol–water partition coefficient (Wildman–Crippen LogP) is 0.621. The molecule has 0 aliphatic rings. The molecule has 0 saturated heterocycles. The van der Waals surface area contributed by atoms with Crippen LogP contribution in [0.4, 0.5) is 0 Å². The van der Waals surface area contributed by atoms with Crippen molar-refractivity contribution in [3.63, 3.8) is 0 Å². The Morgan fingerprint density at radius 2 is 2.05 bits per heavy atom. The molecule has 1 N–H and O–H groups in total. The molecule has 0 amide bonds. The lowest BCUT2D eigenvalue weighted by atomic mass is 10.1. The number of methoxy groups -OCH3 is 1. The lowest BCUT2D eigenvalue weighted by Crippen LogP contribution is -2.34. The van der Waals surface area contributed by atoms with E-state index in [1.807, 2.05) is 0 Å². The number of hydrogen-bond donors (Lipinski definition) is 1. The van der Waals surface area contributed by atoms with Crippen LogP contribution in [0.5, 0.6) is 0 Å². The average molecular weight is 260 g/mol. The minimum Gasteiger partial charge on any atom is -0.465 e. The molecule has 1 heterocycles. The van der Waals surface area contributed by atoms with Crippen molar-refractivity contribution < 1.29 is 9.53 Å². The van der Waals surface area contributed by atoms with E-state index < -0.39 is 17.1 Å². The van der Waals surface area contributed by atoms with Gasteiger partial charge in [-0.05, 0) is 24.6 Å². The van der Waals surface area contributed by atoms with Gasteiger partial charge in [-0.3, -0.25) is 14.2 Å². The summed E-state index contributed by atoms with van der Waals surface area (Å²) in [5.74, 6) is -0.489. The molecule has 2 aromatic rings. The van der Waals surface area contributed by atoms with E-state index in [-0.39, 0.29) is 0 Å². The highest BCUT2D eigenvalue weighted by atomic mass is 16.5. The molecule has 0 aliphatic heterocycles. The van der Waals surface area contributed by atoms with Crippen molar-refractivity contribution in [1.82, 2.24) is 9.55 Å². The van der Waals surface area contributed by atoms with Crippen LogP contribution >= 0.6 is 0 Å². The van der Waals surface area contributed by atoms with Gasteiger partial charge in [-0.25, -0.2) is 4.79 Å². The molecule has 0 radical (unpaired) electrons. The van der Waals surface area contributed by atoms with E-state index in [4.69, 9.17) is 0 Å². The molecule has 6 nitrogen and oxygen atoms in total. The summed E-state index contributed by atoms with van der Waals surface area (Å²) in [7, 11) is 1.29. The first-order chi connectivity index (χ1) is 9.06. The molecule has 0 fully saturated rings. The summed E-state index contributed by atoms with van der Waals surface area (Å²) >= 11 is 0. The molecule has 98 valence electrons. The van der Waals surface area contributed by atoms with E-state index in [1.54, 1.807) is 25.1 Å². The minimum atomic E-state index is -0.717. The van der Waals surface area contributed by atoms with Gasteiger partial charge in [-0.1, -0.05) is 6.07 Å². The summed E-state index contributed by atoms with van der Waals surface area (Å²) in [5, 5.41) is 0. The number of aromatic amines is 1. The molecule has 19 heavy (non-hydrogen) atoms. The second-order valence-electron chi connectivity index (χ2n) is 3.91. The first-order valence-corrected chi connectivity index (χ1v) is 5.55. The van der Waals surface area contributed by atoms with Crippen molar-refractivity contribution in [1.29, 1.82) is 0 Å². The summed E-state index contributed by atoms with van der Waals surface area (Å²) in [5.41, 5.74) is -0.0220. The highest BCUT2D eigenvalue weighted by molar-refractivity contribution is 5.91. The molecular weight excluding hydrogens is 248 g/mol. The maximum atomic E-state index is 11.8. The third-order valence-electron chi connectivity index (χ3n) is 2.82. The van der Waals surface area contributed by atoms with Crippen molar-refractivity contribution in [2.75, 3.05) is 7.11 Å². The summed E-state index contributed by atoms with van der Waals surface area (Å²) in [6, 6.07) is 4.88. The van der Waals surface area contributed by atoms with Crippen molar-refractivity contribution in [3.05, 3.63) is 62.4 Å². The third-order valence-corrected chi connectivity index (χ3v) is 2.82. The maximum absolute atomic E-state index is 11.8. The quantitative estimate of drug-likeness (QED) is 0.634. The average Bonchev–Trinajstić information content (AvgIpc) is 2.42. The number of H-pyrrole nitrogens is 1. The fraction of sp³-hybridized carbons (Fsp3) is 0.154. The van der Waals surface area contributed by atoms with E-state index in [0.29, 0.717) is 16.8 Å². The molecule has 0 spiro atoms. The standard InChI is InChI=1S/C13H12N2O4/c1-8-9(13(18)19-2)4-3-5-10(8)15-7-6-14-11(16)12(15)17/h3-7H,1-2H3,(H,14,16). The smallest absolute Gasteiger partial charge is 0.338 e. The first-order valence-electron chi connectivity index (χ1n) is 5.55. The largest absolute Gasteiger partial charge is 0.465 e. The van der Waals surface area contributed by atoms with Gasteiger partial charge in [-0.2, -0.15) is 0 Å². The van der Waals surface area contributed by atoms with Gasteiger partial charge in [0.1, 0.15) is 0 Å². The molecular formula is C13H12N2O4. The Kier molecular flexibility index (Phi) is 3.33. The van der Waals surface area contributed by atoms with Crippen molar-refractivity contribution in [3.8, 4) is 5.69 Å². The zero-order valence-electron chi connectivity index (χ0n) is 10.5. The second kappa shape index (κ2) is 4.93. The lowest BCUT2D eigenvalue weighted by Gasteiger charge is -2.11. The Bertz CT molecular complexity index is 743. The van der Waals surface area contributed by atoms with Crippen LogP contribution in [0.15, 0.2) is 40.2 Å². The molecule has 1 aromatic carbocycles. The number of ether oxygens (including phenoxy) is 1. The van der Waals surface area contributed by atoms with Crippen molar-refractivity contribution >= 4 is 5.97 Å². The number of nitrogens with zero attached hydrogens (tertiary/aromatic N) is 1. The summed E-state index contributed by atoms with van der Waals surface area (Å²) in [6.07, 6.45) is 2.81. The number of nitrogens with one attached hydrogen (secondary N) is 1. The van der Waals surface area contributed by atoms with E-state index in [1.165, 1.54) is 24.1 Å². The molecule has 0 atom stereocenters. The molecule has 0 saturated carbocycles. The van der Waals surface area contributed by atoms with Crippen LogP contribution in [-0.4, -0.2) is 22.6 Å². The van der Waals surface area contributed by atoms with Gasteiger partial charge in [-0.15, -0.1) is 0 Å². The Hall–Kier alpha value is -2.63. The van der Waals surface area contributed by atoms with Crippen molar-refractivity contribution in [2.24, 2.45) is 0 Å². The first kappa shape index (κ1) is 12.8. The Labute approximate surface area is 108 Å². The zero-order valence-corrected chi connectivity index (χ0v) is 10.5. The number of benzene rings is 1. The monoisotopic (exact) mass is 260 g/mol. The zero-order chi connectivity index (χ0) is 14.0. The van der Waals surface area contributed by atoms with Crippen LogP contribution < -0.4 is 11.1 Å². The molecule has 0 bridgehead atoms. The van der Waals surface area contributed by atoms with Crippen LogP contribution in [-0.2, 0) is 4.74 Å². The van der Waals surface area contributed by atoms with Crippen LogP contribution in [0.1, 0.15) is 15.9 Å². The predicted molar refractivity (Wildman–Crippen MR) is 68.7 cm³/mol. The SMILES string of the molecule is COC(=O)c1cccc(-n2cc[nH]c(=O)c2=O)c1C. The minimum absolute atomic E-state index is 0.354. The number of rotatable bonds is 2. The molecule has 6 heteroatoms. The van der Waals surface area contributed by atoms with Crippen molar-refractivity contribution in [2.45, 2.75) is 6.92 Å². The van der Waals surface area contributed by atoms with Gasteiger partial charge in [0, 0.05) is 12.4 Å². The molecule has 2 rings (SSSR count). The van der Waals surface area contributed by atoms with Crippen LogP contribution in [0.2, 0.25) is 0 Å². The van der Waals surface area contributed by atoms with E-state index in [9.17, 15) is 14.4 Å². The van der Waals surface area contributed by atoms with E-state index >= 15 is 0 Å². The van der Waals surface area contributed by atoms with Gasteiger partial charge < -0.3 is 9.72 Å². The second-order valence-corrected chi connectivity index (χ2v) is 3.91. The Morgan fingerprint density at radius 1 is 1.32 bits per heavy atom. The van der Waals surface area contributed by atoms with Gasteiger partial charge in [0.15, 0.2) is 0 Å². The highest BCUT2D eigenvalue weighted by Gasteiger charge is 2.13. The van der Waals surface area contributed by atoms with Gasteiger partial charge >= 0.3 is 17.1 Å². The van der Waals surface area contributed by atoms with Gasteiger partial charge in [0.2, 0.25) is 0 Å². The van der Waals surface area contributed by atoms with Crippen LogP contribution in [0.3, 0.4) is 0 Å².